The molecular formula is C13H14N6O2. The summed E-state index contributed by atoms with van der Waals surface area (Å²) in [5, 5.41) is 18.8. The third-order valence-electron chi connectivity index (χ3n) is 3.29. The summed E-state index contributed by atoms with van der Waals surface area (Å²) in [5.41, 5.74) is 2.47. The molecule has 0 bridgehead atoms. The van der Waals surface area contributed by atoms with E-state index in [4.69, 9.17) is 4.74 Å². The molecule has 0 saturated heterocycles. The van der Waals surface area contributed by atoms with Crippen LogP contribution in [0.1, 0.15) is 28.7 Å². The summed E-state index contributed by atoms with van der Waals surface area (Å²) >= 11 is 0. The van der Waals surface area contributed by atoms with Crippen molar-refractivity contribution in [1.82, 2.24) is 30.4 Å². The van der Waals surface area contributed by atoms with Gasteiger partial charge in [0.15, 0.2) is 12.4 Å². The van der Waals surface area contributed by atoms with Crippen molar-refractivity contribution in [1.29, 1.82) is 0 Å². The maximum atomic E-state index is 12.2. The highest BCUT2D eigenvalue weighted by molar-refractivity contribution is 5.95. The molecule has 2 aromatic heterocycles. The Kier molecular flexibility index (Phi) is 3.35. The van der Waals surface area contributed by atoms with E-state index in [0.29, 0.717) is 11.4 Å². The molecule has 0 radical (unpaired) electrons. The van der Waals surface area contributed by atoms with E-state index in [-0.39, 0.29) is 6.61 Å². The number of esters is 1. The van der Waals surface area contributed by atoms with Crippen molar-refractivity contribution in [3.05, 3.63) is 35.3 Å². The first-order valence-electron chi connectivity index (χ1n) is 6.53. The molecule has 108 valence electrons. The van der Waals surface area contributed by atoms with Crippen LogP contribution in [0.15, 0.2) is 18.3 Å². The smallest absolute Gasteiger partial charge is 0.338 e. The molecule has 0 spiro atoms. The third-order valence-corrected chi connectivity index (χ3v) is 3.29. The number of carbonyl (C=O) groups excluding carboxylic acids is 1. The first-order valence-corrected chi connectivity index (χ1v) is 6.53. The van der Waals surface area contributed by atoms with Crippen molar-refractivity contribution in [3.8, 4) is 0 Å². The van der Waals surface area contributed by atoms with Crippen LogP contribution in [0.3, 0.4) is 0 Å². The number of H-pyrrole nitrogens is 1. The fourth-order valence-corrected chi connectivity index (χ4v) is 2.11. The lowest BCUT2D eigenvalue weighted by Crippen LogP contribution is -2.09. The van der Waals surface area contributed by atoms with E-state index in [2.05, 4.69) is 25.7 Å². The van der Waals surface area contributed by atoms with E-state index in [1.54, 1.807) is 19.3 Å². The highest BCUT2D eigenvalue weighted by Gasteiger charge is 2.13. The number of aryl methyl sites for hydroxylation is 2. The molecule has 0 amide bonds. The Morgan fingerprint density at radius 2 is 2.29 bits per heavy atom. The minimum atomic E-state index is -0.407. The van der Waals surface area contributed by atoms with Crippen molar-refractivity contribution in [2.75, 3.05) is 0 Å². The third kappa shape index (κ3) is 2.47. The molecule has 3 aromatic rings. The van der Waals surface area contributed by atoms with Gasteiger partial charge in [-0.15, -0.1) is 5.10 Å². The number of nitrogens with one attached hydrogen (secondary N) is 1. The van der Waals surface area contributed by atoms with Crippen molar-refractivity contribution >= 4 is 16.9 Å². The van der Waals surface area contributed by atoms with Crippen molar-refractivity contribution in [3.63, 3.8) is 0 Å². The number of aromatic amines is 1. The van der Waals surface area contributed by atoms with Crippen molar-refractivity contribution < 1.29 is 9.53 Å². The molecule has 0 aliphatic carbocycles. The zero-order valence-corrected chi connectivity index (χ0v) is 11.7. The normalized spacial score (nSPS) is 11.0. The highest BCUT2D eigenvalue weighted by Crippen LogP contribution is 2.20. The number of tetrazole rings is 1. The maximum absolute atomic E-state index is 12.2. The number of ether oxygens (including phenoxy) is 1. The Hall–Kier alpha value is -2.77. The van der Waals surface area contributed by atoms with Crippen molar-refractivity contribution in [2.45, 2.75) is 20.0 Å². The fourth-order valence-electron chi connectivity index (χ4n) is 2.11. The number of carbonyl (C=O) groups is 1. The summed E-state index contributed by atoms with van der Waals surface area (Å²) in [6.45, 7) is 2.06. The summed E-state index contributed by atoms with van der Waals surface area (Å²) in [6, 6.07) is 3.58. The maximum Gasteiger partial charge on any atom is 0.338 e. The van der Waals surface area contributed by atoms with Crippen LogP contribution in [0.2, 0.25) is 0 Å². The van der Waals surface area contributed by atoms with Gasteiger partial charge in [-0.25, -0.2) is 9.48 Å². The Balaban J connectivity index is 1.82. The number of aromatic nitrogens is 6. The second-order valence-corrected chi connectivity index (χ2v) is 4.62. The zero-order valence-electron chi connectivity index (χ0n) is 11.7. The van der Waals surface area contributed by atoms with E-state index in [9.17, 15) is 4.79 Å². The van der Waals surface area contributed by atoms with E-state index in [0.717, 1.165) is 22.9 Å². The lowest BCUT2D eigenvalue weighted by molar-refractivity contribution is 0.0458. The fraction of sp³-hybridized carbons (Fsp3) is 0.308. The van der Waals surface area contributed by atoms with Crippen LogP contribution in [0.4, 0.5) is 0 Å². The van der Waals surface area contributed by atoms with E-state index >= 15 is 0 Å². The minimum absolute atomic E-state index is 0.0349. The molecule has 8 nitrogen and oxygen atoms in total. The van der Waals surface area contributed by atoms with Crippen molar-refractivity contribution in [2.24, 2.45) is 7.05 Å². The molecule has 2 heterocycles. The summed E-state index contributed by atoms with van der Waals surface area (Å²) in [7, 11) is 1.69. The molecule has 0 aliphatic rings. The van der Waals surface area contributed by atoms with Crippen LogP contribution in [-0.2, 0) is 24.8 Å². The largest absolute Gasteiger partial charge is 0.454 e. The van der Waals surface area contributed by atoms with Gasteiger partial charge < -0.3 is 4.74 Å². The summed E-state index contributed by atoms with van der Waals surface area (Å²) in [6.07, 6.45) is 2.49. The monoisotopic (exact) mass is 286 g/mol. The molecule has 0 aliphatic heterocycles. The number of fused-ring (bicyclic) bond motifs is 1. The summed E-state index contributed by atoms with van der Waals surface area (Å²) in [5.74, 6) is 0.0826. The quantitative estimate of drug-likeness (QED) is 0.718. The highest BCUT2D eigenvalue weighted by atomic mass is 16.5. The minimum Gasteiger partial charge on any atom is -0.454 e. The summed E-state index contributed by atoms with van der Waals surface area (Å²) < 4.78 is 6.71. The SMILES string of the molecule is CCc1cc(C(=O)OCc2nnnn2C)cc2cn[nH]c12. The molecule has 1 aromatic carbocycles. The predicted molar refractivity (Wildman–Crippen MR) is 73.4 cm³/mol. The van der Waals surface area contributed by atoms with E-state index < -0.39 is 5.97 Å². The van der Waals surface area contributed by atoms with Gasteiger partial charge in [0.1, 0.15) is 0 Å². The number of hydrogen-bond acceptors (Lipinski definition) is 6. The van der Waals surface area contributed by atoms with Gasteiger partial charge in [0.2, 0.25) is 0 Å². The van der Waals surface area contributed by atoms with E-state index in [1.807, 2.05) is 13.0 Å². The lowest BCUT2D eigenvalue weighted by Gasteiger charge is -2.06. The molecule has 0 saturated carbocycles. The van der Waals surface area contributed by atoms with Crippen LogP contribution in [0, 0.1) is 0 Å². The average Bonchev–Trinajstić information content (AvgIpc) is 3.12. The standard InChI is InChI=1S/C13H14N6O2/c1-3-8-4-9(5-10-6-14-16-12(8)10)13(20)21-7-11-15-17-18-19(11)2/h4-6H,3,7H2,1-2H3,(H,14,16). The molecule has 0 atom stereocenters. The Morgan fingerprint density at radius 1 is 1.43 bits per heavy atom. The second-order valence-electron chi connectivity index (χ2n) is 4.62. The Morgan fingerprint density at radius 3 is 3.00 bits per heavy atom. The second kappa shape index (κ2) is 5.31. The predicted octanol–water partition coefficient (Wildman–Crippen LogP) is 1.01. The Bertz CT molecular complexity index is 791. The summed E-state index contributed by atoms with van der Waals surface area (Å²) in [4.78, 5) is 12.2. The molecule has 3 rings (SSSR count). The molecule has 1 N–H and O–H groups in total. The van der Waals surface area contributed by atoms with Gasteiger partial charge in [0.25, 0.3) is 0 Å². The number of benzene rings is 1. The van der Waals surface area contributed by atoms with Gasteiger partial charge >= 0.3 is 5.97 Å². The van der Waals surface area contributed by atoms with Gasteiger partial charge in [0.05, 0.1) is 17.3 Å². The van der Waals surface area contributed by atoms with Crippen LogP contribution in [-0.4, -0.2) is 36.4 Å². The average molecular weight is 286 g/mol. The van der Waals surface area contributed by atoms with Gasteiger partial charge in [-0.1, -0.05) is 6.92 Å². The number of hydrogen-bond donors (Lipinski definition) is 1. The topological polar surface area (TPSA) is 98.6 Å². The molecule has 0 fully saturated rings. The lowest BCUT2D eigenvalue weighted by atomic mass is 10.1. The van der Waals surface area contributed by atoms with E-state index in [1.165, 1.54) is 4.68 Å². The zero-order chi connectivity index (χ0) is 14.8. The molecule has 0 unspecified atom stereocenters. The van der Waals surface area contributed by atoms with Gasteiger partial charge in [-0.3, -0.25) is 5.10 Å². The van der Waals surface area contributed by atoms with Crippen LogP contribution in [0.5, 0.6) is 0 Å². The Labute approximate surface area is 120 Å². The van der Waals surface area contributed by atoms with Crippen LogP contribution in [0.25, 0.3) is 10.9 Å². The molecule has 8 heteroatoms. The first kappa shape index (κ1) is 13.2. The van der Waals surface area contributed by atoms with Gasteiger partial charge in [-0.05, 0) is 34.5 Å². The number of nitrogens with zero attached hydrogens (tertiary/aromatic N) is 5. The number of rotatable bonds is 4. The van der Waals surface area contributed by atoms with Gasteiger partial charge in [0, 0.05) is 12.4 Å². The first-order chi connectivity index (χ1) is 10.2. The van der Waals surface area contributed by atoms with Crippen LogP contribution >= 0.6 is 0 Å². The van der Waals surface area contributed by atoms with Crippen LogP contribution < -0.4 is 0 Å². The molecule has 21 heavy (non-hydrogen) atoms. The van der Waals surface area contributed by atoms with Gasteiger partial charge in [-0.2, -0.15) is 5.10 Å². The molecular weight excluding hydrogens is 272 g/mol.